The number of hydrogen-bond acceptors (Lipinski definition) is 2. The molecule has 2 heteroatoms. The molecule has 0 aliphatic heterocycles. The molecule has 0 heterocycles. The van der Waals surface area contributed by atoms with Crippen molar-refractivity contribution >= 4 is 0 Å². The molecule has 0 saturated carbocycles. The molecule has 0 saturated heterocycles. The van der Waals surface area contributed by atoms with Crippen LogP contribution >= 0.6 is 0 Å². The highest BCUT2D eigenvalue weighted by Gasteiger charge is 2.02. The van der Waals surface area contributed by atoms with E-state index in [0.717, 1.165) is 24.6 Å². The summed E-state index contributed by atoms with van der Waals surface area (Å²) >= 11 is 0. The van der Waals surface area contributed by atoms with Crippen LogP contribution in [0.2, 0.25) is 0 Å². The van der Waals surface area contributed by atoms with Crippen LogP contribution in [0.4, 0.5) is 0 Å². The van der Waals surface area contributed by atoms with Gasteiger partial charge in [-0.25, -0.2) is 0 Å². The summed E-state index contributed by atoms with van der Waals surface area (Å²) in [5.74, 6) is 0.784. The zero-order valence-electron chi connectivity index (χ0n) is 9.60. The lowest BCUT2D eigenvalue weighted by atomic mass is 9.99. The van der Waals surface area contributed by atoms with Crippen molar-refractivity contribution in [3.05, 3.63) is 25.1 Å². The van der Waals surface area contributed by atoms with Crippen molar-refractivity contribution in [2.75, 3.05) is 13.6 Å². The van der Waals surface area contributed by atoms with Crippen molar-refractivity contribution in [3.63, 3.8) is 0 Å². The molecule has 0 aromatic heterocycles. The smallest absolute Gasteiger partial charge is 0.0141 e. The summed E-state index contributed by atoms with van der Waals surface area (Å²) in [5, 5.41) is 6.19. The maximum absolute atomic E-state index is 3.92. The van der Waals surface area contributed by atoms with Gasteiger partial charge in [0.05, 0.1) is 0 Å². The van der Waals surface area contributed by atoms with Crippen molar-refractivity contribution in [1.29, 1.82) is 0 Å². The molecule has 0 radical (unpaired) electrons. The molecule has 0 rings (SSSR count). The summed E-state index contributed by atoms with van der Waals surface area (Å²) in [6, 6.07) is 0. The normalized spacial score (nSPS) is 11.9. The Kier molecular flexibility index (Phi) is 8.10. The van der Waals surface area contributed by atoms with Gasteiger partial charge in [0.25, 0.3) is 0 Å². The predicted molar refractivity (Wildman–Crippen MR) is 64.0 cm³/mol. The summed E-state index contributed by atoms with van der Waals surface area (Å²) in [7, 11) is 1.93. The summed E-state index contributed by atoms with van der Waals surface area (Å²) in [5.41, 5.74) is 1.14. The second kappa shape index (κ2) is 8.67. The first-order valence-corrected chi connectivity index (χ1v) is 5.40. The molecule has 0 aromatic carbocycles. The first-order chi connectivity index (χ1) is 6.70. The van der Waals surface area contributed by atoms with Crippen molar-refractivity contribution in [1.82, 2.24) is 10.6 Å². The topological polar surface area (TPSA) is 24.1 Å². The highest BCUT2D eigenvalue weighted by Crippen LogP contribution is 2.14. The fourth-order valence-corrected chi connectivity index (χ4v) is 1.34. The predicted octanol–water partition coefficient (Wildman–Crippen LogP) is 2.65. The van der Waals surface area contributed by atoms with Crippen molar-refractivity contribution in [3.8, 4) is 0 Å². The Balaban J connectivity index is 3.31. The van der Waals surface area contributed by atoms with E-state index in [1.165, 1.54) is 19.3 Å². The van der Waals surface area contributed by atoms with Crippen LogP contribution in [0.25, 0.3) is 0 Å². The van der Waals surface area contributed by atoms with Gasteiger partial charge in [-0.2, -0.15) is 0 Å². The van der Waals surface area contributed by atoms with E-state index in [-0.39, 0.29) is 0 Å². The Labute approximate surface area is 88.5 Å². The lowest BCUT2D eigenvalue weighted by Crippen LogP contribution is -2.09. The zero-order chi connectivity index (χ0) is 10.8. The number of hydrogen-bond donors (Lipinski definition) is 2. The number of allylic oxidation sites excluding steroid dienone is 1. The Bertz CT molecular complexity index is 164. The molecule has 14 heavy (non-hydrogen) atoms. The van der Waals surface area contributed by atoms with Gasteiger partial charge in [0.1, 0.15) is 0 Å². The molecular weight excluding hydrogens is 172 g/mol. The minimum atomic E-state index is 0.784. The van der Waals surface area contributed by atoms with E-state index in [2.05, 4.69) is 30.7 Å². The van der Waals surface area contributed by atoms with Gasteiger partial charge in [-0.15, -0.1) is 0 Å². The molecule has 0 aliphatic carbocycles. The maximum atomic E-state index is 3.92. The van der Waals surface area contributed by atoms with E-state index in [1.807, 2.05) is 7.05 Å². The van der Waals surface area contributed by atoms with Gasteiger partial charge in [-0.05, 0) is 37.8 Å². The molecule has 2 N–H and O–H groups in total. The van der Waals surface area contributed by atoms with Crippen LogP contribution in [0.3, 0.4) is 0 Å². The van der Waals surface area contributed by atoms with Crippen LogP contribution in [0, 0.1) is 5.92 Å². The van der Waals surface area contributed by atoms with Gasteiger partial charge in [-0.3, -0.25) is 0 Å². The molecule has 0 spiro atoms. The highest BCUT2D eigenvalue weighted by atomic mass is 14.8. The SMILES string of the molecule is C=CNCCCC(C)CCC(=C)NC. The Morgan fingerprint density at radius 3 is 2.71 bits per heavy atom. The molecule has 2 nitrogen and oxygen atoms in total. The molecule has 0 aromatic rings. The van der Waals surface area contributed by atoms with E-state index in [1.54, 1.807) is 6.20 Å². The van der Waals surface area contributed by atoms with Crippen molar-refractivity contribution in [2.24, 2.45) is 5.92 Å². The average molecular weight is 196 g/mol. The fourth-order valence-electron chi connectivity index (χ4n) is 1.34. The molecule has 82 valence electrons. The molecule has 0 bridgehead atoms. The number of rotatable bonds is 9. The Morgan fingerprint density at radius 2 is 2.14 bits per heavy atom. The van der Waals surface area contributed by atoms with Gasteiger partial charge in [-0.1, -0.05) is 20.1 Å². The average Bonchev–Trinajstić information content (AvgIpc) is 2.21. The number of nitrogens with one attached hydrogen (secondary N) is 2. The van der Waals surface area contributed by atoms with Gasteiger partial charge in [0.2, 0.25) is 0 Å². The van der Waals surface area contributed by atoms with Gasteiger partial charge in [0, 0.05) is 19.3 Å². The van der Waals surface area contributed by atoms with Crippen molar-refractivity contribution in [2.45, 2.75) is 32.6 Å². The molecule has 0 fully saturated rings. The third kappa shape index (κ3) is 7.71. The largest absolute Gasteiger partial charge is 0.392 e. The third-order valence-electron chi connectivity index (χ3n) is 2.45. The Morgan fingerprint density at radius 1 is 1.43 bits per heavy atom. The van der Waals surface area contributed by atoms with E-state index < -0.39 is 0 Å². The van der Waals surface area contributed by atoms with Crippen LogP contribution in [-0.4, -0.2) is 13.6 Å². The lowest BCUT2D eigenvalue weighted by Gasteiger charge is -2.12. The monoisotopic (exact) mass is 196 g/mol. The van der Waals surface area contributed by atoms with E-state index in [4.69, 9.17) is 0 Å². The van der Waals surface area contributed by atoms with E-state index >= 15 is 0 Å². The highest BCUT2D eigenvalue weighted by molar-refractivity contribution is 4.89. The van der Waals surface area contributed by atoms with Crippen LogP contribution in [0.1, 0.15) is 32.6 Å². The third-order valence-corrected chi connectivity index (χ3v) is 2.45. The standard InChI is InChI=1S/C12H24N2/c1-5-14-10-6-7-11(2)8-9-12(3)13-4/h5,11,13-14H,1,3,6-10H2,2,4H3. The quantitative estimate of drug-likeness (QED) is 0.554. The zero-order valence-corrected chi connectivity index (χ0v) is 9.60. The maximum Gasteiger partial charge on any atom is 0.0141 e. The second-order valence-corrected chi connectivity index (χ2v) is 3.80. The molecular formula is C12H24N2. The van der Waals surface area contributed by atoms with Crippen molar-refractivity contribution < 1.29 is 0 Å². The van der Waals surface area contributed by atoms with E-state index in [0.29, 0.717) is 0 Å². The summed E-state index contributed by atoms with van der Waals surface area (Å²) in [6.45, 7) is 10.9. The minimum Gasteiger partial charge on any atom is -0.392 e. The minimum absolute atomic E-state index is 0.784. The van der Waals surface area contributed by atoms with Crippen LogP contribution in [-0.2, 0) is 0 Å². The molecule has 0 amide bonds. The summed E-state index contributed by atoms with van der Waals surface area (Å²) in [4.78, 5) is 0. The lowest BCUT2D eigenvalue weighted by molar-refractivity contribution is 0.468. The van der Waals surface area contributed by atoms with E-state index in [9.17, 15) is 0 Å². The molecule has 1 atom stereocenters. The first-order valence-electron chi connectivity index (χ1n) is 5.40. The molecule has 1 unspecified atom stereocenters. The van der Waals surface area contributed by atoms with Gasteiger partial charge < -0.3 is 10.6 Å². The van der Waals surface area contributed by atoms with Crippen LogP contribution in [0.15, 0.2) is 25.1 Å². The Hall–Kier alpha value is -0.920. The fraction of sp³-hybridized carbons (Fsp3) is 0.667. The van der Waals surface area contributed by atoms with Crippen LogP contribution < -0.4 is 10.6 Å². The van der Waals surface area contributed by atoms with Gasteiger partial charge >= 0.3 is 0 Å². The van der Waals surface area contributed by atoms with Crippen LogP contribution in [0.5, 0.6) is 0 Å². The van der Waals surface area contributed by atoms with Gasteiger partial charge in [0.15, 0.2) is 0 Å². The molecule has 0 aliphatic rings. The summed E-state index contributed by atoms with van der Waals surface area (Å²) < 4.78 is 0. The first kappa shape index (κ1) is 13.1. The summed E-state index contributed by atoms with van der Waals surface area (Å²) in [6.07, 6.45) is 6.57. The second-order valence-electron chi connectivity index (χ2n) is 3.80.